The van der Waals surface area contributed by atoms with Crippen LogP contribution < -0.4 is 5.32 Å². The molecule has 5 atom stereocenters. The number of fused-ring (bicyclic) bond motifs is 4. The van der Waals surface area contributed by atoms with Crippen molar-refractivity contribution < 1.29 is 24.2 Å². The van der Waals surface area contributed by atoms with Crippen LogP contribution in [0.5, 0.6) is 0 Å². The van der Waals surface area contributed by atoms with E-state index in [1.54, 1.807) is 4.90 Å². The van der Waals surface area contributed by atoms with Crippen molar-refractivity contribution in [3.05, 3.63) is 59.7 Å². The van der Waals surface area contributed by atoms with Gasteiger partial charge in [-0.1, -0.05) is 48.5 Å². The molecule has 4 fully saturated rings. The van der Waals surface area contributed by atoms with Gasteiger partial charge >= 0.3 is 12.1 Å². The van der Waals surface area contributed by atoms with E-state index in [1.807, 2.05) is 24.3 Å². The highest BCUT2D eigenvalue weighted by atomic mass is 16.5. The van der Waals surface area contributed by atoms with E-state index >= 15 is 0 Å². The van der Waals surface area contributed by atoms with Gasteiger partial charge in [-0.15, -0.1) is 0 Å². The van der Waals surface area contributed by atoms with Gasteiger partial charge in [-0.25, -0.2) is 4.79 Å². The highest BCUT2D eigenvalue weighted by Crippen LogP contribution is 2.50. The van der Waals surface area contributed by atoms with Crippen molar-refractivity contribution in [3.63, 3.8) is 0 Å². The number of hydrogen-bond acceptors (Lipinski definition) is 4. The molecule has 0 spiro atoms. The summed E-state index contributed by atoms with van der Waals surface area (Å²) in [4.78, 5) is 38.3. The monoisotopic (exact) mass is 446 g/mol. The average molecular weight is 447 g/mol. The molecule has 2 aromatic rings. The lowest BCUT2D eigenvalue weighted by molar-refractivity contribution is -0.148. The first kappa shape index (κ1) is 20.3. The first-order valence-electron chi connectivity index (χ1n) is 11.6. The van der Waals surface area contributed by atoms with Crippen LogP contribution >= 0.6 is 0 Å². The fourth-order valence-electron chi connectivity index (χ4n) is 6.09. The van der Waals surface area contributed by atoms with Gasteiger partial charge in [0.1, 0.15) is 6.61 Å². The Bertz CT molecular complexity index is 1100. The Labute approximate surface area is 191 Å². The summed E-state index contributed by atoms with van der Waals surface area (Å²) in [5.41, 5.74) is 4.71. The number of carboxylic acids is 1. The topological polar surface area (TPSA) is 95.9 Å². The molecule has 2 amide bonds. The molecule has 2 saturated heterocycles. The fourth-order valence-corrected chi connectivity index (χ4v) is 6.09. The van der Waals surface area contributed by atoms with Crippen LogP contribution in [0.3, 0.4) is 0 Å². The predicted molar refractivity (Wildman–Crippen MR) is 119 cm³/mol. The van der Waals surface area contributed by atoms with Crippen molar-refractivity contribution in [1.29, 1.82) is 0 Å². The normalized spacial score (nSPS) is 28.5. The zero-order chi connectivity index (χ0) is 22.7. The van der Waals surface area contributed by atoms with E-state index in [9.17, 15) is 19.5 Å². The van der Waals surface area contributed by atoms with E-state index < -0.39 is 18.0 Å². The number of alkyl carbamates (subject to hydrolysis) is 1. The summed E-state index contributed by atoms with van der Waals surface area (Å²) in [6.07, 6.45) is 1.07. The minimum absolute atomic E-state index is 0.0160. The van der Waals surface area contributed by atoms with E-state index in [1.165, 1.54) is 22.3 Å². The van der Waals surface area contributed by atoms with Gasteiger partial charge in [0.2, 0.25) is 5.91 Å². The summed E-state index contributed by atoms with van der Waals surface area (Å²) >= 11 is 0. The predicted octanol–water partition coefficient (Wildman–Crippen LogP) is 3.09. The molecule has 7 nitrogen and oxygen atoms in total. The molecule has 2 aromatic carbocycles. The number of carboxylic acid groups (broad SMARTS) is 1. The van der Waals surface area contributed by atoms with Crippen molar-refractivity contribution in [2.45, 2.75) is 24.8 Å². The van der Waals surface area contributed by atoms with Gasteiger partial charge in [-0.2, -0.15) is 0 Å². The van der Waals surface area contributed by atoms with Crippen LogP contribution in [0, 0.1) is 23.7 Å². The van der Waals surface area contributed by atoms with E-state index in [2.05, 4.69) is 29.6 Å². The SMILES string of the molecule is O=C(NC[C@H]1C[C@H]1C(=O)N1CC2CC1C2C(=O)O)OCC1c2ccccc2-c2ccccc21. The van der Waals surface area contributed by atoms with Crippen LogP contribution in [-0.4, -0.2) is 53.7 Å². The number of carbonyl (C=O) groups excluding carboxylic acids is 2. The second-order valence-electron chi connectivity index (χ2n) is 9.73. The molecule has 3 unspecified atom stereocenters. The summed E-state index contributed by atoms with van der Waals surface area (Å²) in [7, 11) is 0. The summed E-state index contributed by atoms with van der Waals surface area (Å²) in [6, 6.07) is 16.3. The van der Waals surface area contributed by atoms with Crippen molar-refractivity contribution in [1.82, 2.24) is 10.2 Å². The Morgan fingerprint density at radius 2 is 1.67 bits per heavy atom. The lowest BCUT2D eigenvalue weighted by Crippen LogP contribution is -2.45. The largest absolute Gasteiger partial charge is 0.481 e. The number of hydrogen-bond donors (Lipinski definition) is 2. The molecule has 2 saturated carbocycles. The van der Waals surface area contributed by atoms with Gasteiger partial charge in [0.05, 0.1) is 5.92 Å². The van der Waals surface area contributed by atoms with Crippen molar-refractivity contribution >= 4 is 18.0 Å². The third-order valence-corrected chi connectivity index (χ3v) is 7.96. The molecule has 2 aliphatic heterocycles. The quantitative estimate of drug-likeness (QED) is 0.711. The minimum Gasteiger partial charge on any atom is -0.481 e. The van der Waals surface area contributed by atoms with Gasteiger partial charge < -0.3 is 20.1 Å². The Hall–Kier alpha value is -3.35. The standard InChI is InChI=1S/C26H26N2O5/c29-24(28-12-15-10-22(28)23(15)25(30)31)20-9-14(20)11-27-26(32)33-13-21-18-7-3-1-5-16(18)17-6-2-4-8-19(17)21/h1-8,14-15,20-23H,9-13H2,(H,27,32)(H,30,31)/t14-,15?,20-,22?,23?/m1/s1. The molecule has 33 heavy (non-hydrogen) atoms. The molecular formula is C26H26N2O5. The van der Waals surface area contributed by atoms with Crippen LogP contribution in [0.1, 0.15) is 29.9 Å². The highest BCUT2D eigenvalue weighted by molar-refractivity contribution is 5.85. The average Bonchev–Trinajstić information content (AvgIpc) is 3.14. The van der Waals surface area contributed by atoms with E-state index in [0.29, 0.717) is 13.1 Å². The van der Waals surface area contributed by atoms with E-state index in [0.717, 1.165) is 12.8 Å². The second-order valence-corrected chi connectivity index (χ2v) is 9.73. The van der Waals surface area contributed by atoms with Crippen molar-refractivity contribution in [2.24, 2.45) is 23.7 Å². The molecule has 7 heteroatoms. The van der Waals surface area contributed by atoms with Crippen LogP contribution in [0.25, 0.3) is 11.1 Å². The van der Waals surface area contributed by atoms with Gasteiger partial charge in [0.25, 0.3) is 0 Å². The van der Waals surface area contributed by atoms with E-state index in [-0.39, 0.29) is 42.2 Å². The smallest absolute Gasteiger partial charge is 0.407 e. The number of carbonyl (C=O) groups is 3. The number of aliphatic carboxylic acids is 1. The zero-order valence-electron chi connectivity index (χ0n) is 18.1. The van der Waals surface area contributed by atoms with Gasteiger partial charge in [-0.3, -0.25) is 9.59 Å². The fraction of sp³-hybridized carbons (Fsp3) is 0.423. The van der Waals surface area contributed by atoms with Crippen LogP contribution in [-0.2, 0) is 14.3 Å². The number of ether oxygens (including phenoxy) is 1. The molecule has 2 heterocycles. The molecule has 170 valence electrons. The molecule has 0 aromatic heterocycles. The Kier molecular flexibility index (Phi) is 4.67. The molecule has 3 aliphatic carbocycles. The van der Waals surface area contributed by atoms with Crippen LogP contribution in [0.4, 0.5) is 4.79 Å². The molecule has 5 aliphatic rings. The van der Waals surface area contributed by atoms with Crippen molar-refractivity contribution in [2.75, 3.05) is 19.7 Å². The first-order chi connectivity index (χ1) is 16.0. The molecule has 0 radical (unpaired) electrons. The van der Waals surface area contributed by atoms with Gasteiger partial charge in [0.15, 0.2) is 0 Å². The van der Waals surface area contributed by atoms with Crippen molar-refractivity contribution in [3.8, 4) is 11.1 Å². The first-order valence-corrected chi connectivity index (χ1v) is 11.6. The van der Waals surface area contributed by atoms with Gasteiger partial charge in [-0.05, 0) is 46.9 Å². The number of nitrogens with zero attached hydrogens (tertiary/aromatic N) is 1. The molecule has 2 N–H and O–H groups in total. The maximum Gasteiger partial charge on any atom is 0.407 e. The summed E-state index contributed by atoms with van der Waals surface area (Å²) in [5.74, 6) is -1.05. The van der Waals surface area contributed by atoms with Gasteiger partial charge in [0, 0.05) is 31.0 Å². The number of amides is 2. The summed E-state index contributed by atoms with van der Waals surface area (Å²) in [6.45, 7) is 1.22. The van der Waals surface area contributed by atoms with Crippen LogP contribution in [0.15, 0.2) is 48.5 Å². The Morgan fingerprint density at radius 3 is 2.30 bits per heavy atom. The second kappa shape index (κ2) is 7.61. The maximum absolute atomic E-state index is 12.8. The summed E-state index contributed by atoms with van der Waals surface area (Å²) < 4.78 is 5.57. The zero-order valence-corrected chi connectivity index (χ0v) is 18.1. The Balaban J connectivity index is 1.00. The highest BCUT2D eigenvalue weighted by Gasteiger charge is 2.59. The third kappa shape index (κ3) is 3.29. The Morgan fingerprint density at radius 1 is 1.00 bits per heavy atom. The lowest BCUT2D eigenvalue weighted by atomic mass is 9.74. The number of rotatable bonds is 6. The van der Waals surface area contributed by atoms with E-state index in [4.69, 9.17) is 4.74 Å². The van der Waals surface area contributed by atoms with Crippen LogP contribution in [0.2, 0.25) is 0 Å². The lowest BCUT2D eigenvalue weighted by Gasteiger charge is -2.33. The third-order valence-electron chi connectivity index (χ3n) is 7.96. The summed E-state index contributed by atoms with van der Waals surface area (Å²) in [5, 5.41) is 12.1. The number of benzene rings is 2. The molecule has 7 rings (SSSR count). The minimum atomic E-state index is -0.796. The molecular weight excluding hydrogens is 420 g/mol. The number of nitrogens with one attached hydrogen (secondary N) is 1. The maximum atomic E-state index is 12.8. The molecule has 2 bridgehead atoms.